The number of ether oxygens (including phenoxy) is 1. The predicted octanol–water partition coefficient (Wildman–Crippen LogP) is 4.23. The van der Waals surface area contributed by atoms with Crippen molar-refractivity contribution < 1.29 is 9.84 Å². The fourth-order valence-corrected chi connectivity index (χ4v) is 2.19. The molecule has 0 saturated carbocycles. The van der Waals surface area contributed by atoms with Crippen molar-refractivity contribution in [2.24, 2.45) is 0 Å². The quantitative estimate of drug-likeness (QED) is 0.881. The van der Waals surface area contributed by atoms with Crippen molar-refractivity contribution in [2.75, 3.05) is 6.61 Å². The van der Waals surface area contributed by atoms with E-state index in [-0.39, 0.29) is 6.61 Å². The van der Waals surface area contributed by atoms with Gasteiger partial charge in [-0.15, -0.1) is 0 Å². The number of hydrogen-bond acceptors (Lipinski definition) is 2. The zero-order valence-electron chi connectivity index (χ0n) is 12.3. The molecule has 0 aromatic heterocycles. The molecular formula is C18H22O2. The number of rotatable bonds is 5. The van der Waals surface area contributed by atoms with Crippen LogP contribution in [-0.2, 0) is 0 Å². The van der Waals surface area contributed by atoms with Gasteiger partial charge in [-0.3, -0.25) is 0 Å². The first kappa shape index (κ1) is 14.6. The van der Waals surface area contributed by atoms with Gasteiger partial charge in [0.25, 0.3) is 0 Å². The molecule has 0 aliphatic rings. The van der Waals surface area contributed by atoms with Crippen LogP contribution in [0.15, 0.2) is 48.5 Å². The van der Waals surface area contributed by atoms with E-state index in [4.69, 9.17) is 4.74 Å². The fourth-order valence-electron chi connectivity index (χ4n) is 2.19. The summed E-state index contributed by atoms with van der Waals surface area (Å²) >= 11 is 0. The summed E-state index contributed by atoms with van der Waals surface area (Å²) in [6.07, 6.45) is -0.598. The zero-order chi connectivity index (χ0) is 14.5. The minimum Gasteiger partial charge on any atom is -0.491 e. The third kappa shape index (κ3) is 3.61. The molecule has 0 heterocycles. The number of hydrogen-bond donors (Lipinski definition) is 1. The Morgan fingerprint density at radius 3 is 2.50 bits per heavy atom. The Labute approximate surface area is 121 Å². The molecule has 0 aliphatic heterocycles. The van der Waals surface area contributed by atoms with Crippen LogP contribution in [0.5, 0.6) is 5.75 Å². The van der Waals surface area contributed by atoms with Crippen LogP contribution in [0, 0.1) is 6.92 Å². The van der Waals surface area contributed by atoms with Crippen molar-refractivity contribution in [3.05, 3.63) is 65.2 Å². The van der Waals surface area contributed by atoms with Gasteiger partial charge >= 0.3 is 0 Å². The Kier molecular flexibility index (Phi) is 4.80. The lowest BCUT2D eigenvalue weighted by Crippen LogP contribution is -2.11. The van der Waals surface area contributed by atoms with Crippen LogP contribution in [0.25, 0.3) is 0 Å². The van der Waals surface area contributed by atoms with Crippen LogP contribution in [-0.4, -0.2) is 11.7 Å². The highest BCUT2D eigenvalue weighted by atomic mass is 16.5. The van der Waals surface area contributed by atoms with Crippen LogP contribution >= 0.6 is 0 Å². The molecule has 2 heteroatoms. The second-order valence-electron chi connectivity index (χ2n) is 5.41. The monoisotopic (exact) mass is 270 g/mol. The first-order valence-electron chi connectivity index (χ1n) is 7.04. The van der Waals surface area contributed by atoms with E-state index in [1.807, 2.05) is 49.4 Å². The zero-order valence-corrected chi connectivity index (χ0v) is 12.3. The third-order valence-corrected chi connectivity index (χ3v) is 3.48. The highest BCUT2D eigenvalue weighted by molar-refractivity contribution is 5.31. The van der Waals surface area contributed by atoms with E-state index in [1.165, 1.54) is 5.56 Å². The standard InChI is InChI=1S/C18H22O2/c1-13(2)15-8-6-9-16(11-15)20-12-18(19)17-10-5-4-7-14(17)3/h4-11,13,18-19H,12H2,1-3H3. The lowest BCUT2D eigenvalue weighted by molar-refractivity contribution is 0.107. The first-order chi connectivity index (χ1) is 9.58. The van der Waals surface area contributed by atoms with Crippen LogP contribution < -0.4 is 4.74 Å². The van der Waals surface area contributed by atoms with Crippen molar-refractivity contribution >= 4 is 0 Å². The smallest absolute Gasteiger partial charge is 0.119 e. The molecule has 2 aromatic rings. The lowest BCUT2D eigenvalue weighted by atomic mass is 10.0. The molecule has 0 fully saturated rings. The van der Waals surface area contributed by atoms with Crippen molar-refractivity contribution in [3.8, 4) is 5.75 Å². The molecule has 1 N–H and O–H groups in total. The average Bonchev–Trinajstić information content (AvgIpc) is 2.45. The molecule has 1 atom stereocenters. The number of aliphatic hydroxyl groups excluding tert-OH is 1. The molecule has 1 unspecified atom stereocenters. The summed E-state index contributed by atoms with van der Waals surface area (Å²) in [4.78, 5) is 0. The Morgan fingerprint density at radius 1 is 1.05 bits per heavy atom. The van der Waals surface area contributed by atoms with E-state index in [0.717, 1.165) is 16.9 Å². The lowest BCUT2D eigenvalue weighted by Gasteiger charge is -2.15. The molecule has 0 saturated heterocycles. The van der Waals surface area contributed by atoms with Gasteiger partial charge in [0, 0.05) is 0 Å². The fraction of sp³-hybridized carbons (Fsp3) is 0.333. The largest absolute Gasteiger partial charge is 0.491 e. The molecule has 0 aliphatic carbocycles. The van der Waals surface area contributed by atoms with Crippen LogP contribution in [0.1, 0.15) is 42.6 Å². The molecule has 2 rings (SSSR count). The van der Waals surface area contributed by atoms with Crippen molar-refractivity contribution in [2.45, 2.75) is 32.8 Å². The summed E-state index contributed by atoms with van der Waals surface area (Å²) < 4.78 is 5.72. The Morgan fingerprint density at radius 2 is 1.80 bits per heavy atom. The molecule has 0 radical (unpaired) electrons. The molecule has 106 valence electrons. The van der Waals surface area contributed by atoms with Gasteiger partial charge in [0.05, 0.1) is 0 Å². The molecule has 2 aromatic carbocycles. The first-order valence-corrected chi connectivity index (χ1v) is 7.04. The number of aryl methyl sites for hydroxylation is 1. The van der Waals surface area contributed by atoms with Crippen LogP contribution in [0.3, 0.4) is 0 Å². The topological polar surface area (TPSA) is 29.5 Å². The molecule has 0 amide bonds. The van der Waals surface area contributed by atoms with Gasteiger partial charge < -0.3 is 9.84 Å². The Balaban J connectivity index is 2.02. The Bertz CT molecular complexity index is 561. The highest BCUT2D eigenvalue weighted by Gasteiger charge is 2.11. The predicted molar refractivity (Wildman–Crippen MR) is 82.2 cm³/mol. The normalized spacial score (nSPS) is 12.4. The van der Waals surface area contributed by atoms with Gasteiger partial charge in [0.15, 0.2) is 0 Å². The SMILES string of the molecule is Cc1ccccc1C(O)COc1cccc(C(C)C)c1. The van der Waals surface area contributed by atoms with E-state index in [9.17, 15) is 5.11 Å². The maximum absolute atomic E-state index is 10.2. The number of aliphatic hydroxyl groups is 1. The summed E-state index contributed by atoms with van der Waals surface area (Å²) in [7, 11) is 0. The molecule has 20 heavy (non-hydrogen) atoms. The summed E-state index contributed by atoms with van der Waals surface area (Å²) in [5.74, 6) is 1.28. The van der Waals surface area contributed by atoms with E-state index < -0.39 is 6.10 Å². The Hall–Kier alpha value is -1.80. The van der Waals surface area contributed by atoms with E-state index in [2.05, 4.69) is 19.9 Å². The van der Waals surface area contributed by atoms with E-state index in [0.29, 0.717) is 5.92 Å². The summed E-state index contributed by atoms with van der Waals surface area (Å²) in [6, 6.07) is 15.9. The molecule has 2 nitrogen and oxygen atoms in total. The van der Waals surface area contributed by atoms with E-state index >= 15 is 0 Å². The van der Waals surface area contributed by atoms with Crippen LogP contribution in [0.2, 0.25) is 0 Å². The van der Waals surface area contributed by atoms with Gasteiger partial charge in [-0.2, -0.15) is 0 Å². The molecule has 0 spiro atoms. The maximum Gasteiger partial charge on any atom is 0.119 e. The van der Waals surface area contributed by atoms with Gasteiger partial charge in [-0.25, -0.2) is 0 Å². The minimum atomic E-state index is -0.598. The second kappa shape index (κ2) is 6.58. The van der Waals surface area contributed by atoms with Gasteiger partial charge in [-0.05, 0) is 41.7 Å². The van der Waals surface area contributed by atoms with E-state index in [1.54, 1.807) is 0 Å². The number of benzene rings is 2. The van der Waals surface area contributed by atoms with Crippen LogP contribution in [0.4, 0.5) is 0 Å². The van der Waals surface area contributed by atoms with Gasteiger partial charge in [0.1, 0.15) is 18.5 Å². The summed E-state index contributed by atoms with van der Waals surface area (Å²) in [5.41, 5.74) is 3.25. The third-order valence-electron chi connectivity index (χ3n) is 3.48. The summed E-state index contributed by atoms with van der Waals surface area (Å²) in [6.45, 7) is 6.58. The van der Waals surface area contributed by atoms with Crippen molar-refractivity contribution in [1.82, 2.24) is 0 Å². The highest BCUT2D eigenvalue weighted by Crippen LogP contribution is 2.22. The maximum atomic E-state index is 10.2. The average molecular weight is 270 g/mol. The van der Waals surface area contributed by atoms with Gasteiger partial charge in [0.2, 0.25) is 0 Å². The minimum absolute atomic E-state index is 0.270. The van der Waals surface area contributed by atoms with Crippen molar-refractivity contribution in [3.63, 3.8) is 0 Å². The molecule has 0 bridgehead atoms. The second-order valence-corrected chi connectivity index (χ2v) is 5.41. The summed E-state index contributed by atoms with van der Waals surface area (Å²) in [5, 5.41) is 10.2. The van der Waals surface area contributed by atoms with Gasteiger partial charge in [-0.1, -0.05) is 50.2 Å². The molecular weight excluding hydrogens is 248 g/mol. The van der Waals surface area contributed by atoms with Crippen molar-refractivity contribution in [1.29, 1.82) is 0 Å².